The number of piperazine rings is 1. The zero-order valence-electron chi connectivity index (χ0n) is 13.7. The first-order valence-electron chi connectivity index (χ1n) is 7.80. The summed E-state index contributed by atoms with van der Waals surface area (Å²) in [7, 11) is 1.49. The van der Waals surface area contributed by atoms with Gasteiger partial charge in [-0.25, -0.2) is 8.78 Å². The Morgan fingerprint density at radius 3 is 2.64 bits per heavy atom. The number of methoxy groups -OCH3 is 1. The molecule has 0 N–H and O–H groups in total. The normalized spacial score (nSPS) is 15.6. The third-order valence-electron chi connectivity index (χ3n) is 4.04. The van der Waals surface area contributed by atoms with E-state index in [9.17, 15) is 13.6 Å². The molecule has 1 fully saturated rings. The van der Waals surface area contributed by atoms with Crippen LogP contribution in [0.5, 0.6) is 0 Å². The van der Waals surface area contributed by atoms with Crippen LogP contribution in [-0.4, -0.2) is 75.8 Å². The van der Waals surface area contributed by atoms with E-state index in [-0.39, 0.29) is 12.5 Å². The van der Waals surface area contributed by atoms with E-state index in [1.165, 1.54) is 17.9 Å². The summed E-state index contributed by atoms with van der Waals surface area (Å²) in [5.41, 5.74) is 0.354. The minimum Gasteiger partial charge on any atom is -0.375 e. The molecule has 3 rings (SSSR count). The number of benzene rings is 1. The quantitative estimate of drug-likeness (QED) is 0.767. The molecular weight excluding hydrogens is 334 g/mol. The zero-order chi connectivity index (χ0) is 17.8. The molecule has 0 aliphatic carbocycles. The van der Waals surface area contributed by atoms with Crippen LogP contribution in [0.15, 0.2) is 18.2 Å². The third kappa shape index (κ3) is 3.97. The van der Waals surface area contributed by atoms with Crippen molar-refractivity contribution in [2.75, 3.05) is 39.9 Å². The first-order chi connectivity index (χ1) is 12.1. The molecule has 1 aromatic heterocycles. The fourth-order valence-corrected chi connectivity index (χ4v) is 2.69. The van der Waals surface area contributed by atoms with Gasteiger partial charge in [-0.05, 0) is 22.6 Å². The van der Waals surface area contributed by atoms with Crippen LogP contribution in [0.1, 0.15) is 5.82 Å². The highest BCUT2D eigenvalue weighted by Crippen LogP contribution is 2.14. The van der Waals surface area contributed by atoms with E-state index in [0.29, 0.717) is 44.2 Å². The summed E-state index contributed by atoms with van der Waals surface area (Å²) in [4.78, 5) is 15.6. The van der Waals surface area contributed by atoms with Crippen LogP contribution in [0.25, 0.3) is 5.69 Å². The fourth-order valence-electron chi connectivity index (χ4n) is 2.69. The molecule has 10 heteroatoms. The van der Waals surface area contributed by atoms with E-state index in [4.69, 9.17) is 4.74 Å². The van der Waals surface area contributed by atoms with Gasteiger partial charge in [0.25, 0.3) is 0 Å². The molecule has 0 atom stereocenters. The maximum atomic E-state index is 13.4. The second kappa shape index (κ2) is 7.62. The van der Waals surface area contributed by atoms with E-state index in [1.807, 2.05) is 0 Å². The lowest BCUT2D eigenvalue weighted by atomic mass is 10.3. The Balaban J connectivity index is 1.64. The van der Waals surface area contributed by atoms with Gasteiger partial charge in [0.2, 0.25) is 5.91 Å². The predicted molar refractivity (Wildman–Crippen MR) is 82.8 cm³/mol. The molecule has 0 spiro atoms. The number of aromatic nitrogens is 4. The molecule has 25 heavy (non-hydrogen) atoms. The lowest BCUT2D eigenvalue weighted by Crippen LogP contribution is -2.49. The van der Waals surface area contributed by atoms with Gasteiger partial charge >= 0.3 is 0 Å². The van der Waals surface area contributed by atoms with Gasteiger partial charge in [-0.1, -0.05) is 0 Å². The highest BCUT2D eigenvalue weighted by Gasteiger charge is 2.22. The van der Waals surface area contributed by atoms with Crippen molar-refractivity contribution in [3.63, 3.8) is 0 Å². The molecule has 0 bridgehead atoms. The van der Waals surface area contributed by atoms with Crippen LogP contribution in [0.3, 0.4) is 0 Å². The molecule has 1 aromatic carbocycles. The van der Waals surface area contributed by atoms with Crippen molar-refractivity contribution in [3.8, 4) is 5.69 Å². The maximum Gasteiger partial charge on any atom is 0.248 e. The van der Waals surface area contributed by atoms with Crippen molar-refractivity contribution in [2.24, 2.45) is 0 Å². The average molecular weight is 352 g/mol. The summed E-state index contributed by atoms with van der Waals surface area (Å²) in [6.45, 7) is 3.04. The number of tetrazole rings is 1. The number of halogens is 2. The van der Waals surface area contributed by atoms with Crippen LogP contribution in [0.4, 0.5) is 8.78 Å². The standard InChI is InChI=1S/C15H18F2N6O2/c1-25-10-15(24)22-6-4-21(5-7-22)9-14-18-19-20-23(14)11-2-3-12(16)13(17)8-11/h2-3,8H,4-7,9-10H2,1H3. The van der Waals surface area contributed by atoms with Gasteiger partial charge < -0.3 is 9.64 Å². The second-order valence-electron chi connectivity index (χ2n) is 5.70. The number of hydrogen-bond acceptors (Lipinski definition) is 6. The Labute approximate surface area is 143 Å². The van der Waals surface area contributed by atoms with Crippen molar-refractivity contribution in [1.82, 2.24) is 30.0 Å². The maximum absolute atomic E-state index is 13.4. The molecule has 2 aromatic rings. The molecule has 8 nitrogen and oxygen atoms in total. The van der Waals surface area contributed by atoms with Crippen LogP contribution in [0, 0.1) is 11.6 Å². The highest BCUT2D eigenvalue weighted by molar-refractivity contribution is 5.77. The average Bonchev–Trinajstić information content (AvgIpc) is 3.06. The molecule has 1 aliphatic heterocycles. The number of carbonyl (C=O) groups is 1. The summed E-state index contributed by atoms with van der Waals surface area (Å²) in [6.07, 6.45) is 0. The number of rotatable bonds is 5. The minimum atomic E-state index is -0.954. The van der Waals surface area contributed by atoms with Gasteiger partial charge in [0.15, 0.2) is 17.5 Å². The van der Waals surface area contributed by atoms with Crippen molar-refractivity contribution >= 4 is 5.91 Å². The van der Waals surface area contributed by atoms with E-state index in [2.05, 4.69) is 20.4 Å². The van der Waals surface area contributed by atoms with Gasteiger partial charge in [0.05, 0.1) is 12.2 Å². The van der Waals surface area contributed by atoms with Crippen LogP contribution < -0.4 is 0 Å². The summed E-state index contributed by atoms with van der Waals surface area (Å²) in [6, 6.07) is 3.51. The van der Waals surface area contributed by atoms with Crippen LogP contribution in [0.2, 0.25) is 0 Å². The first-order valence-corrected chi connectivity index (χ1v) is 7.80. The van der Waals surface area contributed by atoms with E-state index in [0.717, 1.165) is 12.1 Å². The lowest BCUT2D eigenvalue weighted by molar-refractivity contribution is -0.136. The van der Waals surface area contributed by atoms with Crippen molar-refractivity contribution in [2.45, 2.75) is 6.54 Å². The summed E-state index contributed by atoms with van der Waals surface area (Å²) < 4.78 is 32.8. The molecule has 1 aliphatic rings. The van der Waals surface area contributed by atoms with Gasteiger partial charge in [0.1, 0.15) is 6.61 Å². The summed E-state index contributed by atoms with van der Waals surface area (Å²) in [5.74, 6) is -1.39. The zero-order valence-corrected chi connectivity index (χ0v) is 13.7. The Bertz CT molecular complexity index is 745. The van der Waals surface area contributed by atoms with Crippen LogP contribution in [-0.2, 0) is 16.1 Å². The minimum absolute atomic E-state index is 0.0335. The Morgan fingerprint density at radius 2 is 1.96 bits per heavy atom. The number of hydrogen-bond donors (Lipinski definition) is 0. The Kier molecular flexibility index (Phi) is 5.29. The predicted octanol–water partition coefficient (Wildman–Crippen LogP) is 0.231. The van der Waals surface area contributed by atoms with Gasteiger partial charge in [0, 0.05) is 39.4 Å². The summed E-state index contributed by atoms with van der Waals surface area (Å²) in [5, 5.41) is 11.4. The number of nitrogens with zero attached hydrogens (tertiary/aromatic N) is 6. The fraction of sp³-hybridized carbons (Fsp3) is 0.467. The molecular formula is C15H18F2N6O2. The second-order valence-corrected chi connectivity index (χ2v) is 5.70. The third-order valence-corrected chi connectivity index (χ3v) is 4.04. The van der Waals surface area contributed by atoms with Gasteiger partial charge in [-0.3, -0.25) is 9.69 Å². The van der Waals surface area contributed by atoms with Crippen molar-refractivity contribution in [1.29, 1.82) is 0 Å². The lowest BCUT2D eigenvalue weighted by Gasteiger charge is -2.34. The number of ether oxygens (including phenoxy) is 1. The molecule has 1 amide bonds. The number of amides is 1. The van der Waals surface area contributed by atoms with E-state index >= 15 is 0 Å². The number of carbonyl (C=O) groups excluding carboxylic acids is 1. The molecule has 134 valence electrons. The monoisotopic (exact) mass is 352 g/mol. The first kappa shape index (κ1) is 17.4. The van der Waals surface area contributed by atoms with Gasteiger partial charge in [-0.15, -0.1) is 5.10 Å². The highest BCUT2D eigenvalue weighted by atomic mass is 19.2. The SMILES string of the molecule is COCC(=O)N1CCN(Cc2nnnn2-c2ccc(F)c(F)c2)CC1. The van der Waals surface area contributed by atoms with Crippen LogP contribution >= 0.6 is 0 Å². The molecule has 0 saturated carbocycles. The largest absolute Gasteiger partial charge is 0.375 e. The Morgan fingerprint density at radius 1 is 1.20 bits per heavy atom. The van der Waals surface area contributed by atoms with Gasteiger partial charge in [-0.2, -0.15) is 4.68 Å². The van der Waals surface area contributed by atoms with Crippen molar-refractivity contribution < 1.29 is 18.3 Å². The molecule has 1 saturated heterocycles. The topological polar surface area (TPSA) is 76.4 Å². The van der Waals surface area contributed by atoms with E-state index in [1.54, 1.807) is 4.90 Å². The smallest absolute Gasteiger partial charge is 0.248 e. The molecule has 0 radical (unpaired) electrons. The molecule has 2 heterocycles. The van der Waals surface area contributed by atoms with E-state index < -0.39 is 11.6 Å². The van der Waals surface area contributed by atoms with Crippen molar-refractivity contribution in [3.05, 3.63) is 35.7 Å². The molecule has 0 unspecified atom stereocenters. The Hall–Kier alpha value is -2.46. The summed E-state index contributed by atoms with van der Waals surface area (Å²) >= 11 is 0.